The number of hydrogen-bond donors (Lipinski definition) is 1. The van der Waals surface area contributed by atoms with Crippen LogP contribution in [0.1, 0.15) is 36.6 Å². The molecule has 8 nitrogen and oxygen atoms in total. The van der Waals surface area contributed by atoms with Gasteiger partial charge in [-0.05, 0) is 43.8 Å². The van der Waals surface area contributed by atoms with Gasteiger partial charge in [0.05, 0.1) is 21.6 Å². The lowest BCUT2D eigenvalue weighted by atomic mass is 10.1. The number of imide groups is 1. The first kappa shape index (κ1) is 17.8. The Morgan fingerprint density at radius 1 is 1.04 bits per heavy atom. The normalized spacial score (nSPS) is 13.7. The molecule has 0 aromatic heterocycles. The third-order valence-electron chi connectivity index (χ3n) is 3.94. The van der Waals surface area contributed by atoms with Gasteiger partial charge in [0, 0.05) is 0 Å². The zero-order chi connectivity index (χ0) is 19.1. The van der Waals surface area contributed by atoms with Crippen LogP contribution in [0, 0.1) is 6.92 Å². The number of nitrogens with zero attached hydrogens (tertiary/aromatic N) is 1. The molecule has 0 atom stereocenters. The summed E-state index contributed by atoms with van der Waals surface area (Å²) in [5, 5.41) is 0.381. The number of rotatable bonds is 4. The van der Waals surface area contributed by atoms with E-state index in [1.54, 1.807) is 19.1 Å². The Bertz CT molecular complexity index is 1010. The lowest BCUT2D eigenvalue weighted by Crippen LogP contribution is -2.33. The number of carbonyl (C=O) groups excluding carboxylic acids is 3. The molecule has 0 bridgehead atoms. The number of benzene rings is 2. The van der Waals surface area contributed by atoms with Crippen LogP contribution in [0.4, 0.5) is 0 Å². The molecular formula is C17H14N2O6S. The summed E-state index contributed by atoms with van der Waals surface area (Å²) < 4.78 is 25.9. The van der Waals surface area contributed by atoms with Gasteiger partial charge in [0.15, 0.2) is 0 Å². The molecular weight excluding hydrogens is 360 g/mol. The molecule has 1 N–H and O–H groups in total. The van der Waals surface area contributed by atoms with Gasteiger partial charge in [-0.3, -0.25) is 9.59 Å². The van der Waals surface area contributed by atoms with Crippen molar-refractivity contribution >= 4 is 27.8 Å². The number of sulfonamides is 1. The number of hydroxylamine groups is 2. The summed E-state index contributed by atoms with van der Waals surface area (Å²) in [6.07, 6.45) is 0. The number of fused-ring (bicyclic) bond motifs is 1. The smallest absolute Gasteiger partial charge is 0.324 e. The van der Waals surface area contributed by atoms with Crippen molar-refractivity contribution < 1.29 is 27.6 Å². The number of amides is 2. The van der Waals surface area contributed by atoms with Crippen LogP contribution in [0.5, 0.6) is 0 Å². The van der Waals surface area contributed by atoms with Crippen molar-refractivity contribution in [3.63, 3.8) is 0 Å². The Balaban J connectivity index is 1.91. The quantitative estimate of drug-likeness (QED) is 0.807. The molecule has 2 aromatic carbocycles. The molecule has 3 rings (SSSR count). The number of nitrogens with one attached hydrogen (secondary N) is 1. The predicted octanol–water partition coefficient (Wildman–Crippen LogP) is 1.27. The summed E-state index contributed by atoms with van der Waals surface area (Å²) in [6.45, 7) is 1.58. The maximum absolute atomic E-state index is 12.4. The molecule has 0 aliphatic carbocycles. The minimum Gasteiger partial charge on any atom is -0.324 e. The SMILES string of the molecule is CNS(=O)(=O)c1ccc(C)c(C(=O)ON2C(=O)c3ccccc3C2=O)c1. The maximum atomic E-state index is 12.4. The zero-order valence-electron chi connectivity index (χ0n) is 13.8. The van der Waals surface area contributed by atoms with Crippen molar-refractivity contribution in [1.82, 2.24) is 9.79 Å². The Morgan fingerprint density at radius 3 is 2.15 bits per heavy atom. The van der Waals surface area contributed by atoms with Crippen LogP contribution < -0.4 is 4.72 Å². The van der Waals surface area contributed by atoms with Crippen molar-refractivity contribution in [3.05, 3.63) is 64.7 Å². The van der Waals surface area contributed by atoms with Crippen molar-refractivity contribution in [2.45, 2.75) is 11.8 Å². The largest absolute Gasteiger partial charge is 0.364 e. The Kier molecular flexibility index (Phi) is 4.34. The lowest BCUT2D eigenvalue weighted by molar-refractivity contribution is -0.0585. The Hall–Kier alpha value is -3.04. The first-order valence-electron chi connectivity index (χ1n) is 7.50. The molecule has 1 aliphatic rings. The maximum Gasteiger partial charge on any atom is 0.364 e. The highest BCUT2D eigenvalue weighted by atomic mass is 32.2. The molecule has 1 aliphatic heterocycles. The highest BCUT2D eigenvalue weighted by Crippen LogP contribution is 2.24. The zero-order valence-corrected chi connectivity index (χ0v) is 14.7. The molecule has 1 heterocycles. The average Bonchev–Trinajstić information content (AvgIpc) is 2.87. The molecule has 0 fully saturated rings. The van der Waals surface area contributed by atoms with E-state index in [4.69, 9.17) is 4.84 Å². The van der Waals surface area contributed by atoms with Gasteiger partial charge in [-0.25, -0.2) is 17.9 Å². The van der Waals surface area contributed by atoms with Gasteiger partial charge in [-0.15, -0.1) is 0 Å². The van der Waals surface area contributed by atoms with Crippen LogP contribution in [-0.2, 0) is 14.9 Å². The molecule has 0 spiro atoms. The third kappa shape index (κ3) is 2.87. The Morgan fingerprint density at radius 2 is 1.62 bits per heavy atom. The summed E-state index contributed by atoms with van der Waals surface area (Å²) in [6, 6.07) is 9.98. The number of hydrogen-bond acceptors (Lipinski definition) is 6. The lowest BCUT2D eigenvalue weighted by Gasteiger charge is -2.14. The summed E-state index contributed by atoms with van der Waals surface area (Å²) in [4.78, 5) is 41.8. The van der Waals surface area contributed by atoms with Crippen LogP contribution in [-0.4, -0.2) is 38.3 Å². The second-order valence-electron chi connectivity index (χ2n) is 5.51. The summed E-state index contributed by atoms with van der Waals surface area (Å²) in [7, 11) is -2.53. The predicted molar refractivity (Wildman–Crippen MR) is 89.8 cm³/mol. The van der Waals surface area contributed by atoms with Crippen molar-refractivity contribution in [2.24, 2.45) is 0 Å². The molecule has 0 saturated heterocycles. The van der Waals surface area contributed by atoms with Gasteiger partial charge < -0.3 is 4.84 Å². The van der Waals surface area contributed by atoms with E-state index in [0.717, 1.165) is 6.07 Å². The minimum absolute atomic E-state index is 0.0714. The van der Waals surface area contributed by atoms with Crippen molar-refractivity contribution in [3.8, 4) is 0 Å². The highest BCUT2D eigenvalue weighted by molar-refractivity contribution is 7.89. The van der Waals surface area contributed by atoms with Gasteiger partial charge in [-0.1, -0.05) is 23.3 Å². The molecule has 0 unspecified atom stereocenters. The second kappa shape index (κ2) is 6.36. The molecule has 2 amide bonds. The molecule has 26 heavy (non-hydrogen) atoms. The van der Waals surface area contributed by atoms with Crippen molar-refractivity contribution in [2.75, 3.05) is 7.05 Å². The van der Waals surface area contributed by atoms with Crippen LogP contribution in [0.15, 0.2) is 47.4 Å². The van der Waals surface area contributed by atoms with Gasteiger partial charge >= 0.3 is 5.97 Å². The van der Waals surface area contributed by atoms with E-state index in [1.165, 1.54) is 31.3 Å². The monoisotopic (exact) mass is 374 g/mol. The minimum atomic E-state index is -3.77. The van der Waals surface area contributed by atoms with Crippen molar-refractivity contribution in [1.29, 1.82) is 0 Å². The van der Waals surface area contributed by atoms with E-state index in [1.807, 2.05) is 0 Å². The first-order chi connectivity index (χ1) is 12.3. The average molecular weight is 374 g/mol. The molecule has 134 valence electrons. The van der Waals surface area contributed by atoms with Gasteiger partial charge in [0.1, 0.15) is 0 Å². The molecule has 9 heteroatoms. The topological polar surface area (TPSA) is 110 Å². The van der Waals surface area contributed by atoms with E-state index in [9.17, 15) is 22.8 Å². The van der Waals surface area contributed by atoms with Crippen LogP contribution in [0.25, 0.3) is 0 Å². The van der Waals surface area contributed by atoms with E-state index < -0.39 is 27.8 Å². The Labute approximate surface area is 149 Å². The van der Waals surface area contributed by atoms with Crippen LogP contribution in [0.3, 0.4) is 0 Å². The van der Waals surface area contributed by atoms with Gasteiger partial charge in [0.2, 0.25) is 10.0 Å². The van der Waals surface area contributed by atoms with E-state index in [-0.39, 0.29) is 21.6 Å². The van der Waals surface area contributed by atoms with Gasteiger partial charge in [0.25, 0.3) is 11.8 Å². The molecule has 2 aromatic rings. The van der Waals surface area contributed by atoms with Crippen LogP contribution >= 0.6 is 0 Å². The summed E-state index contributed by atoms with van der Waals surface area (Å²) in [5.41, 5.74) is 0.626. The number of aryl methyl sites for hydroxylation is 1. The van der Waals surface area contributed by atoms with E-state index >= 15 is 0 Å². The highest BCUT2D eigenvalue weighted by Gasteiger charge is 2.39. The van der Waals surface area contributed by atoms with E-state index in [0.29, 0.717) is 10.6 Å². The fourth-order valence-electron chi connectivity index (χ4n) is 2.49. The molecule has 0 radical (unpaired) electrons. The molecule has 0 saturated carbocycles. The number of carbonyl (C=O) groups is 3. The van der Waals surface area contributed by atoms with Crippen LogP contribution in [0.2, 0.25) is 0 Å². The fourth-order valence-corrected chi connectivity index (χ4v) is 3.24. The van der Waals surface area contributed by atoms with E-state index in [2.05, 4.69) is 4.72 Å². The first-order valence-corrected chi connectivity index (χ1v) is 8.99. The summed E-state index contributed by atoms with van der Waals surface area (Å²) >= 11 is 0. The third-order valence-corrected chi connectivity index (χ3v) is 5.35. The second-order valence-corrected chi connectivity index (χ2v) is 7.40. The van der Waals surface area contributed by atoms with Gasteiger partial charge in [-0.2, -0.15) is 0 Å². The fraction of sp³-hybridized carbons (Fsp3) is 0.118. The standard InChI is InChI=1S/C17H14N2O6S/c1-10-7-8-11(26(23,24)18-2)9-14(10)17(22)25-19-15(20)12-5-3-4-6-13(12)16(19)21/h3-9,18H,1-2H3. The summed E-state index contributed by atoms with van der Waals surface area (Å²) in [5.74, 6) is -2.52.